The first-order chi connectivity index (χ1) is 33.2. The average Bonchev–Trinajstić information content (AvgIpc) is 3.31. The maximum absolute atomic E-state index is 12.9. The SMILES string of the molecule is CCCCCCCCCCCCCCCCCC(=O)O[C@@H](COC(=O)CCCCCCCCCCCCCCCCCCC(C)C)COC(=O)CCCCCCCCCCCCCCCC(C)C. The second-order valence-corrected chi connectivity index (χ2v) is 22.3. The van der Waals surface area contributed by atoms with Crippen LogP contribution < -0.4 is 0 Å². The van der Waals surface area contributed by atoms with E-state index in [-0.39, 0.29) is 31.1 Å². The monoisotopic (exact) mass is 961 g/mol. The van der Waals surface area contributed by atoms with Gasteiger partial charge in [0.2, 0.25) is 0 Å². The first kappa shape index (κ1) is 66.4. The number of rotatable bonds is 56. The van der Waals surface area contributed by atoms with Gasteiger partial charge in [-0.3, -0.25) is 14.4 Å². The Hall–Kier alpha value is -1.59. The van der Waals surface area contributed by atoms with Gasteiger partial charge in [0.15, 0.2) is 6.10 Å². The Balaban J connectivity index is 4.28. The van der Waals surface area contributed by atoms with E-state index >= 15 is 0 Å². The van der Waals surface area contributed by atoms with E-state index in [1.807, 2.05) is 0 Å². The molecule has 0 saturated carbocycles. The van der Waals surface area contributed by atoms with E-state index in [0.29, 0.717) is 19.3 Å². The molecule has 404 valence electrons. The van der Waals surface area contributed by atoms with E-state index in [4.69, 9.17) is 14.2 Å². The maximum Gasteiger partial charge on any atom is 0.306 e. The Morgan fingerprint density at radius 2 is 0.485 bits per heavy atom. The molecule has 0 aliphatic carbocycles. The van der Waals surface area contributed by atoms with Crippen molar-refractivity contribution in [2.24, 2.45) is 11.8 Å². The predicted octanol–water partition coefficient (Wildman–Crippen LogP) is 20.4. The van der Waals surface area contributed by atoms with Crippen molar-refractivity contribution in [2.45, 2.75) is 355 Å². The van der Waals surface area contributed by atoms with Crippen LogP contribution in [0, 0.1) is 11.8 Å². The Kier molecular flexibility index (Phi) is 53.5. The van der Waals surface area contributed by atoms with Crippen LogP contribution in [-0.2, 0) is 28.6 Å². The molecule has 6 heteroatoms. The van der Waals surface area contributed by atoms with Crippen LogP contribution in [-0.4, -0.2) is 37.2 Å². The molecule has 0 unspecified atom stereocenters. The average molecular weight is 962 g/mol. The largest absolute Gasteiger partial charge is 0.462 e. The van der Waals surface area contributed by atoms with Gasteiger partial charge in [0.1, 0.15) is 13.2 Å². The fourth-order valence-corrected chi connectivity index (χ4v) is 9.58. The lowest BCUT2D eigenvalue weighted by atomic mass is 10.0. The first-order valence-corrected chi connectivity index (χ1v) is 30.7. The summed E-state index contributed by atoms with van der Waals surface area (Å²) >= 11 is 0. The van der Waals surface area contributed by atoms with Crippen LogP contribution in [0.5, 0.6) is 0 Å². The van der Waals surface area contributed by atoms with Crippen LogP contribution in [0.4, 0.5) is 0 Å². The Morgan fingerprint density at radius 1 is 0.279 bits per heavy atom. The number of ether oxygens (including phenoxy) is 3. The van der Waals surface area contributed by atoms with Gasteiger partial charge < -0.3 is 14.2 Å². The van der Waals surface area contributed by atoms with Crippen molar-refractivity contribution in [3.8, 4) is 0 Å². The van der Waals surface area contributed by atoms with Gasteiger partial charge in [0.05, 0.1) is 0 Å². The van der Waals surface area contributed by atoms with Crippen LogP contribution in [0.1, 0.15) is 349 Å². The number of carbonyl (C=O) groups excluding carboxylic acids is 3. The van der Waals surface area contributed by atoms with Crippen LogP contribution in [0.3, 0.4) is 0 Å². The van der Waals surface area contributed by atoms with E-state index in [1.54, 1.807) is 0 Å². The number of esters is 3. The van der Waals surface area contributed by atoms with Crippen molar-refractivity contribution in [1.82, 2.24) is 0 Å². The summed E-state index contributed by atoms with van der Waals surface area (Å²) in [6.45, 7) is 11.4. The standard InChI is InChI=1S/C62H120O6/c1-6-7-8-9-10-11-12-13-16-23-29-34-39-44-49-54-62(65)68-59(56-67-61(64)53-48-43-38-33-28-24-19-21-26-31-36-41-46-51-58(4)5)55-66-60(63)52-47-42-37-32-27-22-18-15-14-17-20-25-30-35-40-45-50-57(2)3/h57-59H,6-56H2,1-5H3/t59-/m0/s1. The predicted molar refractivity (Wildman–Crippen MR) is 293 cm³/mol. The quantitative estimate of drug-likeness (QED) is 0.0343. The fraction of sp³-hybridized carbons (Fsp3) is 0.952. The lowest BCUT2D eigenvalue weighted by molar-refractivity contribution is -0.167. The van der Waals surface area contributed by atoms with Crippen molar-refractivity contribution in [1.29, 1.82) is 0 Å². The number of hydrogen-bond acceptors (Lipinski definition) is 6. The molecule has 0 aromatic carbocycles. The van der Waals surface area contributed by atoms with Crippen molar-refractivity contribution in [3.05, 3.63) is 0 Å². The second-order valence-electron chi connectivity index (χ2n) is 22.3. The molecule has 0 radical (unpaired) electrons. The Labute approximate surface area is 425 Å². The topological polar surface area (TPSA) is 78.9 Å². The molecule has 0 aliphatic rings. The Morgan fingerprint density at radius 3 is 0.721 bits per heavy atom. The lowest BCUT2D eigenvalue weighted by Crippen LogP contribution is -2.30. The first-order valence-electron chi connectivity index (χ1n) is 30.7. The van der Waals surface area contributed by atoms with Crippen LogP contribution in [0.25, 0.3) is 0 Å². The highest BCUT2D eigenvalue weighted by molar-refractivity contribution is 5.71. The van der Waals surface area contributed by atoms with Gasteiger partial charge >= 0.3 is 17.9 Å². The summed E-state index contributed by atoms with van der Waals surface area (Å²) < 4.78 is 16.9. The molecule has 0 heterocycles. The lowest BCUT2D eigenvalue weighted by Gasteiger charge is -2.18. The maximum atomic E-state index is 12.9. The molecule has 68 heavy (non-hydrogen) atoms. The Bertz CT molecular complexity index is 1040. The zero-order valence-electron chi connectivity index (χ0n) is 46.7. The smallest absolute Gasteiger partial charge is 0.306 e. The minimum Gasteiger partial charge on any atom is -0.462 e. The second kappa shape index (κ2) is 54.7. The summed E-state index contributed by atoms with van der Waals surface area (Å²) in [5.41, 5.74) is 0. The molecule has 0 aliphatic heterocycles. The highest BCUT2D eigenvalue weighted by Gasteiger charge is 2.19. The molecule has 0 rings (SSSR count). The molecule has 0 saturated heterocycles. The van der Waals surface area contributed by atoms with Gasteiger partial charge in [-0.25, -0.2) is 0 Å². The molecule has 0 bridgehead atoms. The molecular formula is C62H120O6. The summed E-state index contributed by atoms with van der Waals surface area (Å²) in [5.74, 6) is 0.859. The van der Waals surface area contributed by atoms with Crippen LogP contribution in [0.15, 0.2) is 0 Å². The van der Waals surface area contributed by atoms with E-state index < -0.39 is 6.10 Å². The molecule has 0 aromatic rings. The third-order valence-corrected chi connectivity index (χ3v) is 14.2. The normalized spacial score (nSPS) is 12.0. The molecule has 6 nitrogen and oxygen atoms in total. The van der Waals surface area contributed by atoms with Gasteiger partial charge in [-0.1, -0.05) is 311 Å². The zero-order valence-corrected chi connectivity index (χ0v) is 46.7. The minimum atomic E-state index is -0.763. The van der Waals surface area contributed by atoms with Crippen molar-refractivity contribution >= 4 is 17.9 Å². The summed E-state index contributed by atoms with van der Waals surface area (Å²) in [6.07, 6.45) is 59.5. The van der Waals surface area contributed by atoms with Crippen LogP contribution >= 0.6 is 0 Å². The van der Waals surface area contributed by atoms with E-state index in [2.05, 4.69) is 34.6 Å². The summed E-state index contributed by atoms with van der Waals surface area (Å²) in [6, 6.07) is 0. The van der Waals surface area contributed by atoms with Crippen LogP contribution in [0.2, 0.25) is 0 Å². The number of hydrogen-bond donors (Lipinski definition) is 0. The highest BCUT2D eigenvalue weighted by Crippen LogP contribution is 2.19. The van der Waals surface area contributed by atoms with E-state index in [1.165, 1.54) is 238 Å². The molecule has 0 N–H and O–H groups in total. The van der Waals surface area contributed by atoms with Gasteiger partial charge in [0.25, 0.3) is 0 Å². The molecule has 0 fully saturated rings. The van der Waals surface area contributed by atoms with Crippen molar-refractivity contribution in [2.75, 3.05) is 13.2 Å². The molecule has 0 spiro atoms. The highest BCUT2D eigenvalue weighted by atomic mass is 16.6. The van der Waals surface area contributed by atoms with Gasteiger partial charge in [-0.2, -0.15) is 0 Å². The van der Waals surface area contributed by atoms with Gasteiger partial charge in [-0.05, 0) is 31.1 Å². The molecule has 0 aromatic heterocycles. The van der Waals surface area contributed by atoms with Gasteiger partial charge in [0, 0.05) is 19.3 Å². The molecular weight excluding hydrogens is 841 g/mol. The third-order valence-electron chi connectivity index (χ3n) is 14.2. The summed E-state index contributed by atoms with van der Waals surface area (Å²) in [7, 11) is 0. The van der Waals surface area contributed by atoms with E-state index in [0.717, 1.165) is 69.6 Å². The van der Waals surface area contributed by atoms with Crippen molar-refractivity contribution < 1.29 is 28.6 Å². The minimum absolute atomic E-state index is 0.0621. The summed E-state index contributed by atoms with van der Waals surface area (Å²) in [4.78, 5) is 38.2. The fourth-order valence-electron chi connectivity index (χ4n) is 9.58. The number of unbranched alkanes of at least 4 members (excludes halogenated alkanes) is 41. The molecule has 0 amide bonds. The summed E-state index contributed by atoms with van der Waals surface area (Å²) in [5, 5.41) is 0. The number of carbonyl (C=O) groups is 3. The zero-order chi connectivity index (χ0) is 49.6. The van der Waals surface area contributed by atoms with Crippen molar-refractivity contribution in [3.63, 3.8) is 0 Å². The third kappa shape index (κ3) is 55.3. The molecule has 1 atom stereocenters. The van der Waals surface area contributed by atoms with E-state index in [9.17, 15) is 14.4 Å². The van der Waals surface area contributed by atoms with Gasteiger partial charge in [-0.15, -0.1) is 0 Å².